The molecule has 0 aliphatic rings. The van der Waals surface area contributed by atoms with Gasteiger partial charge in [-0.25, -0.2) is 0 Å². The predicted octanol–water partition coefficient (Wildman–Crippen LogP) is 3.24. The van der Waals surface area contributed by atoms with E-state index in [1.165, 1.54) is 18.5 Å². The fourth-order valence-corrected chi connectivity index (χ4v) is 2.96. The van der Waals surface area contributed by atoms with Crippen LogP contribution in [0, 0.1) is 34.8 Å². The zero-order valence-electron chi connectivity index (χ0n) is 12.8. The summed E-state index contributed by atoms with van der Waals surface area (Å²) < 4.78 is 12.2. The van der Waals surface area contributed by atoms with E-state index in [9.17, 15) is 0 Å². The average molecular weight is 514 g/mol. The Balaban J connectivity index is 1.77. The summed E-state index contributed by atoms with van der Waals surface area (Å²) in [5.74, 6) is 0. The molecule has 0 saturated heterocycles. The van der Waals surface area contributed by atoms with Gasteiger partial charge in [0.05, 0.1) is 44.8 Å². The fourth-order valence-electron chi connectivity index (χ4n) is 2.19. The van der Waals surface area contributed by atoms with Crippen molar-refractivity contribution in [1.82, 2.24) is 19.6 Å². The van der Waals surface area contributed by atoms with Gasteiger partial charge in [-0.2, -0.15) is 10.2 Å². The molecule has 2 rings (SSSR count). The number of hydrogen-bond donors (Lipinski definition) is 0. The van der Waals surface area contributed by atoms with Crippen molar-refractivity contribution < 1.29 is 4.74 Å². The van der Waals surface area contributed by atoms with E-state index in [1.54, 1.807) is 0 Å². The molecule has 0 N–H and O–H groups in total. The van der Waals surface area contributed by atoms with E-state index in [2.05, 4.69) is 69.2 Å². The van der Waals surface area contributed by atoms with Gasteiger partial charge in [-0.15, -0.1) is 0 Å². The summed E-state index contributed by atoms with van der Waals surface area (Å²) in [4.78, 5) is 0. The van der Waals surface area contributed by atoms with Gasteiger partial charge in [0.2, 0.25) is 0 Å². The standard InChI is InChI=1S/C14H20I2N4O/c1-9-13(15)11(3)19(17-9)5-7-21-8-6-20-12(4)14(16)10(2)18-20/h5-8H2,1-4H3. The van der Waals surface area contributed by atoms with E-state index in [-0.39, 0.29) is 0 Å². The lowest BCUT2D eigenvalue weighted by Gasteiger charge is -2.07. The highest BCUT2D eigenvalue weighted by Gasteiger charge is 2.09. The summed E-state index contributed by atoms with van der Waals surface area (Å²) in [6.45, 7) is 11.2. The Labute approximate surface area is 152 Å². The molecule has 2 aromatic heterocycles. The van der Waals surface area contributed by atoms with Gasteiger partial charge in [0.15, 0.2) is 0 Å². The Kier molecular flexibility index (Phi) is 6.06. The van der Waals surface area contributed by atoms with E-state index in [1.807, 2.05) is 23.2 Å². The lowest BCUT2D eigenvalue weighted by Crippen LogP contribution is -2.13. The van der Waals surface area contributed by atoms with E-state index in [0.29, 0.717) is 13.2 Å². The van der Waals surface area contributed by atoms with Gasteiger partial charge in [-0.1, -0.05) is 0 Å². The molecule has 0 bridgehead atoms. The molecule has 5 nitrogen and oxygen atoms in total. The molecule has 116 valence electrons. The van der Waals surface area contributed by atoms with Gasteiger partial charge in [-0.3, -0.25) is 9.36 Å². The van der Waals surface area contributed by atoms with Crippen LogP contribution in [0.2, 0.25) is 0 Å². The third-order valence-electron chi connectivity index (χ3n) is 3.48. The fraction of sp³-hybridized carbons (Fsp3) is 0.571. The number of ether oxygens (including phenoxy) is 1. The number of hydrogen-bond acceptors (Lipinski definition) is 3. The zero-order chi connectivity index (χ0) is 15.6. The van der Waals surface area contributed by atoms with E-state index in [4.69, 9.17) is 4.74 Å². The maximum absolute atomic E-state index is 5.72. The molecule has 0 fully saturated rings. The number of rotatable bonds is 6. The summed E-state index contributed by atoms with van der Waals surface area (Å²) in [5, 5.41) is 9.01. The Bertz CT molecular complexity index is 579. The van der Waals surface area contributed by atoms with Crippen LogP contribution in [-0.4, -0.2) is 32.8 Å². The highest BCUT2D eigenvalue weighted by atomic mass is 127. The normalized spacial score (nSPS) is 11.3. The van der Waals surface area contributed by atoms with Crippen molar-refractivity contribution in [3.05, 3.63) is 29.9 Å². The lowest BCUT2D eigenvalue weighted by atomic mass is 10.4. The van der Waals surface area contributed by atoms with Crippen molar-refractivity contribution >= 4 is 45.2 Å². The largest absolute Gasteiger partial charge is 0.378 e. The third-order valence-corrected chi connectivity index (χ3v) is 6.60. The van der Waals surface area contributed by atoms with Crippen LogP contribution < -0.4 is 0 Å². The minimum absolute atomic E-state index is 0.675. The third kappa shape index (κ3) is 3.98. The molecule has 0 unspecified atom stereocenters. The highest BCUT2D eigenvalue weighted by molar-refractivity contribution is 14.1. The highest BCUT2D eigenvalue weighted by Crippen LogP contribution is 2.16. The van der Waals surface area contributed by atoms with Gasteiger partial charge in [0, 0.05) is 11.4 Å². The van der Waals surface area contributed by atoms with Crippen molar-refractivity contribution in [3.63, 3.8) is 0 Å². The van der Waals surface area contributed by atoms with E-state index < -0.39 is 0 Å². The van der Waals surface area contributed by atoms with Crippen LogP contribution in [0.4, 0.5) is 0 Å². The van der Waals surface area contributed by atoms with Crippen molar-refractivity contribution in [2.24, 2.45) is 0 Å². The number of aromatic nitrogens is 4. The van der Waals surface area contributed by atoms with Gasteiger partial charge < -0.3 is 4.74 Å². The first-order valence-corrected chi connectivity index (χ1v) is 9.04. The first kappa shape index (κ1) is 17.2. The molecule has 2 aromatic rings. The van der Waals surface area contributed by atoms with Crippen molar-refractivity contribution in [1.29, 1.82) is 0 Å². The van der Waals surface area contributed by atoms with E-state index in [0.717, 1.165) is 24.5 Å². The van der Waals surface area contributed by atoms with Crippen LogP contribution in [0.15, 0.2) is 0 Å². The molecule has 0 atom stereocenters. The summed E-state index contributed by atoms with van der Waals surface area (Å²) in [7, 11) is 0. The second-order valence-corrected chi connectivity index (χ2v) is 7.19. The molecular weight excluding hydrogens is 494 g/mol. The minimum Gasteiger partial charge on any atom is -0.378 e. The van der Waals surface area contributed by atoms with Crippen molar-refractivity contribution in [2.45, 2.75) is 40.8 Å². The topological polar surface area (TPSA) is 44.9 Å². The summed E-state index contributed by atoms with van der Waals surface area (Å²) >= 11 is 4.68. The Morgan fingerprint density at radius 1 is 0.810 bits per heavy atom. The SMILES string of the molecule is Cc1nn(CCOCCn2nc(C)c(I)c2C)c(C)c1I. The molecule has 0 amide bonds. The molecule has 0 aromatic carbocycles. The van der Waals surface area contributed by atoms with Gasteiger partial charge in [-0.05, 0) is 72.9 Å². The molecule has 0 radical (unpaired) electrons. The van der Waals surface area contributed by atoms with Crippen LogP contribution in [0.1, 0.15) is 22.8 Å². The first-order valence-electron chi connectivity index (χ1n) is 6.88. The van der Waals surface area contributed by atoms with Crippen LogP contribution in [0.5, 0.6) is 0 Å². The summed E-state index contributed by atoms with van der Waals surface area (Å²) in [6.07, 6.45) is 0. The maximum Gasteiger partial charge on any atom is 0.0730 e. The average Bonchev–Trinajstić information content (AvgIpc) is 2.84. The van der Waals surface area contributed by atoms with Crippen LogP contribution in [-0.2, 0) is 17.8 Å². The molecular formula is C14H20I2N4O. The van der Waals surface area contributed by atoms with Crippen LogP contribution in [0.3, 0.4) is 0 Å². The molecule has 2 heterocycles. The predicted molar refractivity (Wildman–Crippen MR) is 99.7 cm³/mol. The number of aryl methyl sites for hydroxylation is 2. The van der Waals surface area contributed by atoms with Crippen molar-refractivity contribution in [2.75, 3.05) is 13.2 Å². The number of nitrogens with zero attached hydrogens (tertiary/aromatic N) is 4. The zero-order valence-corrected chi connectivity index (χ0v) is 17.1. The molecule has 0 aliphatic heterocycles. The summed E-state index contributed by atoms with van der Waals surface area (Å²) in [5.41, 5.74) is 4.60. The lowest BCUT2D eigenvalue weighted by molar-refractivity contribution is 0.113. The first-order chi connectivity index (χ1) is 9.91. The minimum atomic E-state index is 0.675. The molecule has 0 spiro atoms. The van der Waals surface area contributed by atoms with Crippen molar-refractivity contribution in [3.8, 4) is 0 Å². The molecule has 7 heteroatoms. The van der Waals surface area contributed by atoms with E-state index >= 15 is 0 Å². The summed E-state index contributed by atoms with van der Waals surface area (Å²) in [6, 6.07) is 0. The number of halogens is 2. The second kappa shape index (κ2) is 7.40. The van der Waals surface area contributed by atoms with Crippen LogP contribution in [0.25, 0.3) is 0 Å². The van der Waals surface area contributed by atoms with Gasteiger partial charge >= 0.3 is 0 Å². The molecule has 21 heavy (non-hydrogen) atoms. The maximum atomic E-state index is 5.72. The van der Waals surface area contributed by atoms with Gasteiger partial charge in [0.1, 0.15) is 0 Å². The second-order valence-electron chi connectivity index (χ2n) is 5.03. The monoisotopic (exact) mass is 514 g/mol. The Morgan fingerprint density at radius 3 is 1.48 bits per heavy atom. The smallest absolute Gasteiger partial charge is 0.0730 e. The van der Waals surface area contributed by atoms with Gasteiger partial charge in [0.25, 0.3) is 0 Å². The quantitative estimate of drug-likeness (QED) is 0.440. The van der Waals surface area contributed by atoms with Crippen LogP contribution >= 0.6 is 45.2 Å². The molecule has 0 saturated carbocycles. The Morgan fingerprint density at radius 2 is 1.19 bits per heavy atom. The molecule has 0 aliphatic carbocycles. The Hall–Kier alpha value is -0.160.